The van der Waals surface area contributed by atoms with Crippen LogP contribution < -0.4 is 11.0 Å². The van der Waals surface area contributed by atoms with Gasteiger partial charge in [-0.05, 0) is 38.5 Å². The van der Waals surface area contributed by atoms with Crippen molar-refractivity contribution in [1.29, 1.82) is 10.7 Å². The van der Waals surface area contributed by atoms with E-state index < -0.39 is 0 Å². The molecule has 3 rings (SSSR count). The van der Waals surface area contributed by atoms with Gasteiger partial charge in [0.2, 0.25) is 0 Å². The van der Waals surface area contributed by atoms with E-state index in [1.807, 2.05) is 32.9 Å². The van der Waals surface area contributed by atoms with Crippen molar-refractivity contribution < 1.29 is 0 Å². The third-order valence-electron chi connectivity index (χ3n) is 3.64. The number of hydrogen-bond donors (Lipinski definition) is 1. The van der Waals surface area contributed by atoms with Crippen LogP contribution in [0.25, 0.3) is 16.7 Å². The summed E-state index contributed by atoms with van der Waals surface area (Å²) in [6.45, 7) is 5.70. The molecular formula is C16H15N5O. The fraction of sp³-hybridized carbons (Fsp3) is 0.250. The Balaban J connectivity index is 2.65. The lowest BCUT2D eigenvalue weighted by Crippen LogP contribution is -2.28. The van der Waals surface area contributed by atoms with Crippen LogP contribution in [0.3, 0.4) is 0 Å². The zero-order valence-corrected chi connectivity index (χ0v) is 12.6. The SMILES string of the molecule is Cc1ccc2nc3c(cc(C#N)c(=N)n3C(C)C)c(=O)n2c1. The Labute approximate surface area is 126 Å². The quantitative estimate of drug-likeness (QED) is 0.695. The first-order chi connectivity index (χ1) is 10.4. The molecule has 0 atom stereocenters. The van der Waals surface area contributed by atoms with Gasteiger partial charge in [0.15, 0.2) is 0 Å². The summed E-state index contributed by atoms with van der Waals surface area (Å²) in [6, 6.07) is 7.03. The van der Waals surface area contributed by atoms with E-state index in [0.29, 0.717) is 16.7 Å². The number of rotatable bonds is 1. The molecule has 110 valence electrons. The molecule has 0 aromatic carbocycles. The van der Waals surface area contributed by atoms with Crippen LogP contribution in [-0.4, -0.2) is 14.0 Å². The van der Waals surface area contributed by atoms with Gasteiger partial charge in [0.1, 0.15) is 22.9 Å². The topological polar surface area (TPSA) is 86.9 Å². The van der Waals surface area contributed by atoms with E-state index in [1.54, 1.807) is 16.8 Å². The third kappa shape index (κ3) is 1.91. The van der Waals surface area contributed by atoms with Crippen LogP contribution >= 0.6 is 0 Å². The smallest absolute Gasteiger partial charge is 0.267 e. The highest BCUT2D eigenvalue weighted by Crippen LogP contribution is 2.14. The Kier molecular flexibility index (Phi) is 3.06. The zero-order valence-electron chi connectivity index (χ0n) is 12.6. The molecule has 0 fully saturated rings. The second-order valence-corrected chi connectivity index (χ2v) is 5.57. The highest BCUT2D eigenvalue weighted by atomic mass is 16.1. The van der Waals surface area contributed by atoms with Gasteiger partial charge in [-0.15, -0.1) is 0 Å². The molecule has 0 aliphatic rings. The van der Waals surface area contributed by atoms with Crippen molar-refractivity contribution >= 4 is 16.7 Å². The average Bonchev–Trinajstić information content (AvgIpc) is 2.47. The van der Waals surface area contributed by atoms with Gasteiger partial charge in [-0.1, -0.05) is 6.07 Å². The number of aromatic nitrogens is 3. The number of fused-ring (bicyclic) bond motifs is 2. The van der Waals surface area contributed by atoms with Gasteiger partial charge in [0.05, 0.1) is 10.9 Å². The van der Waals surface area contributed by atoms with E-state index in [-0.39, 0.29) is 22.7 Å². The van der Waals surface area contributed by atoms with Gasteiger partial charge in [-0.2, -0.15) is 5.26 Å². The molecule has 3 heterocycles. The molecule has 0 aliphatic carbocycles. The van der Waals surface area contributed by atoms with Crippen molar-refractivity contribution in [3.05, 3.63) is 51.4 Å². The van der Waals surface area contributed by atoms with Gasteiger partial charge in [-0.25, -0.2) is 4.98 Å². The first-order valence-electron chi connectivity index (χ1n) is 6.97. The molecule has 3 aromatic rings. The molecule has 0 saturated heterocycles. The number of nitriles is 1. The Morgan fingerprint density at radius 1 is 1.36 bits per heavy atom. The minimum absolute atomic E-state index is 0.0772. The zero-order chi connectivity index (χ0) is 16.0. The molecule has 6 heteroatoms. The van der Waals surface area contributed by atoms with Crippen molar-refractivity contribution in [3.8, 4) is 6.07 Å². The standard InChI is InChI=1S/C16H15N5O/c1-9(2)21-14(18)11(7-17)6-12-15(21)19-13-5-4-10(3)8-20(13)16(12)22/h4-6,8-9,18H,1-3H3. The minimum Gasteiger partial charge on any atom is -0.307 e. The maximum atomic E-state index is 12.7. The molecule has 6 nitrogen and oxygen atoms in total. The first-order valence-corrected chi connectivity index (χ1v) is 6.97. The Bertz CT molecular complexity index is 1070. The molecule has 0 spiro atoms. The van der Waals surface area contributed by atoms with Gasteiger partial charge < -0.3 is 4.57 Å². The predicted octanol–water partition coefficient (Wildman–Crippen LogP) is 1.89. The normalized spacial score (nSPS) is 11.2. The molecule has 0 unspecified atom stereocenters. The largest absolute Gasteiger partial charge is 0.307 e. The fourth-order valence-electron chi connectivity index (χ4n) is 2.59. The monoisotopic (exact) mass is 293 g/mol. The lowest BCUT2D eigenvalue weighted by atomic mass is 10.2. The van der Waals surface area contributed by atoms with Crippen LogP contribution in [0.1, 0.15) is 31.0 Å². The summed E-state index contributed by atoms with van der Waals surface area (Å²) in [5.41, 5.74) is 1.94. The summed E-state index contributed by atoms with van der Waals surface area (Å²) in [6.07, 6.45) is 1.73. The Hall–Kier alpha value is -2.94. The van der Waals surface area contributed by atoms with Crippen LogP contribution in [0.5, 0.6) is 0 Å². The fourth-order valence-corrected chi connectivity index (χ4v) is 2.59. The molecule has 0 bridgehead atoms. The van der Waals surface area contributed by atoms with E-state index in [0.717, 1.165) is 5.56 Å². The number of pyridine rings is 2. The number of nitrogens with one attached hydrogen (secondary N) is 1. The van der Waals surface area contributed by atoms with E-state index in [4.69, 9.17) is 5.41 Å². The minimum atomic E-state index is -0.227. The lowest BCUT2D eigenvalue weighted by Gasteiger charge is -2.15. The Morgan fingerprint density at radius 2 is 2.09 bits per heavy atom. The summed E-state index contributed by atoms with van der Waals surface area (Å²) in [4.78, 5) is 17.3. The average molecular weight is 293 g/mol. The summed E-state index contributed by atoms with van der Waals surface area (Å²) in [5.74, 6) is 0. The van der Waals surface area contributed by atoms with Gasteiger partial charge in [0.25, 0.3) is 5.56 Å². The van der Waals surface area contributed by atoms with Gasteiger partial charge in [0, 0.05) is 12.2 Å². The maximum absolute atomic E-state index is 12.7. The molecule has 0 aliphatic heterocycles. The maximum Gasteiger partial charge on any atom is 0.267 e. The van der Waals surface area contributed by atoms with Crippen molar-refractivity contribution in [2.75, 3.05) is 0 Å². The summed E-state index contributed by atoms with van der Waals surface area (Å²) < 4.78 is 3.10. The highest BCUT2D eigenvalue weighted by molar-refractivity contribution is 5.77. The van der Waals surface area contributed by atoms with Crippen molar-refractivity contribution in [2.24, 2.45) is 0 Å². The molecule has 0 amide bonds. The molecular weight excluding hydrogens is 278 g/mol. The van der Waals surface area contributed by atoms with E-state index in [2.05, 4.69) is 4.98 Å². The molecule has 22 heavy (non-hydrogen) atoms. The van der Waals surface area contributed by atoms with Gasteiger partial charge >= 0.3 is 0 Å². The molecule has 3 aromatic heterocycles. The second-order valence-electron chi connectivity index (χ2n) is 5.57. The highest BCUT2D eigenvalue weighted by Gasteiger charge is 2.14. The van der Waals surface area contributed by atoms with Crippen molar-refractivity contribution in [2.45, 2.75) is 26.8 Å². The number of hydrogen-bond acceptors (Lipinski definition) is 4. The molecule has 0 radical (unpaired) electrons. The first kappa shape index (κ1) is 14.0. The number of nitrogens with zero attached hydrogens (tertiary/aromatic N) is 4. The third-order valence-corrected chi connectivity index (χ3v) is 3.64. The summed E-state index contributed by atoms with van der Waals surface area (Å²) in [7, 11) is 0. The van der Waals surface area contributed by atoms with Crippen LogP contribution in [0, 0.1) is 23.7 Å². The van der Waals surface area contributed by atoms with Crippen LogP contribution in [0.4, 0.5) is 0 Å². The number of aryl methyl sites for hydroxylation is 1. The van der Waals surface area contributed by atoms with E-state index in [9.17, 15) is 10.1 Å². The van der Waals surface area contributed by atoms with Gasteiger partial charge in [-0.3, -0.25) is 14.6 Å². The summed E-state index contributed by atoms with van der Waals surface area (Å²) in [5, 5.41) is 17.7. The molecule has 0 saturated carbocycles. The predicted molar refractivity (Wildman–Crippen MR) is 82.6 cm³/mol. The second kappa shape index (κ2) is 4.81. The molecule has 1 N–H and O–H groups in total. The van der Waals surface area contributed by atoms with E-state index >= 15 is 0 Å². The van der Waals surface area contributed by atoms with Crippen LogP contribution in [0.15, 0.2) is 29.2 Å². The van der Waals surface area contributed by atoms with Crippen molar-refractivity contribution in [3.63, 3.8) is 0 Å². The van der Waals surface area contributed by atoms with E-state index in [1.165, 1.54) is 10.5 Å². The van der Waals surface area contributed by atoms with Crippen LogP contribution in [-0.2, 0) is 0 Å². The van der Waals surface area contributed by atoms with Crippen LogP contribution in [0.2, 0.25) is 0 Å². The summed E-state index contributed by atoms with van der Waals surface area (Å²) >= 11 is 0. The van der Waals surface area contributed by atoms with Crippen molar-refractivity contribution in [1.82, 2.24) is 14.0 Å². The lowest BCUT2D eigenvalue weighted by molar-refractivity contribution is 0.580. The Morgan fingerprint density at radius 3 is 2.73 bits per heavy atom.